The molecule has 1 aromatic carbocycles. The van der Waals surface area contributed by atoms with Crippen molar-refractivity contribution in [2.45, 2.75) is 96.8 Å². The number of nitrogens with zero attached hydrogens (tertiary/aromatic N) is 1. The Morgan fingerprint density at radius 3 is 1.77 bits per heavy atom. The molecule has 1 rings (SSSR count). The van der Waals surface area contributed by atoms with Crippen LogP contribution in [0.5, 0.6) is 5.75 Å². The summed E-state index contributed by atoms with van der Waals surface area (Å²) in [5.74, 6) is 0.157. The van der Waals surface area contributed by atoms with E-state index < -0.39 is 5.97 Å². The molecule has 35 heavy (non-hydrogen) atoms. The molecule has 202 valence electrons. The van der Waals surface area contributed by atoms with Crippen molar-refractivity contribution >= 4 is 5.97 Å². The Labute approximate surface area is 214 Å². The van der Waals surface area contributed by atoms with Gasteiger partial charge in [-0.05, 0) is 18.6 Å². The monoisotopic (exact) mass is 493 g/mol. The minimum absolute atomic E-state index is 0.00384. The number of carbonyl (C=O) groups excluding carboxylic acids is 1. The van der Waals surface area contributed by atoms with Gasteiger partial charge in [-0.2, -0.15) is 0 Å². The molecule has 6 heteroatoms. The van der Waals surface area contributed by atoms with Crippen LogP contribution in [-0.2, 0) is 4.74 Å². The number of benzene rings is 1. The average molecular weight is 494 g/mol. The first-order chi connectivity index (χ1) is 17.2. The quantitative estimate of drug-likeness (QED) is 0.136. The maximum atomic E-state index is 12.5. The van der Waals surface area contributed by atoms with Gasteiger partial charge in [0, 0.05) is 19.6 Å². The number of carbonyl (C=O) groups is 1. The van der Waals surface area contributed by atoms with E-state index in [0.29, 0.717) is 37.6 Å². The summed E-state index contributed by atoms with van der Waals surface area (Å²) >= 11 is 0. The first-order valence-corrected chi connectivity index (χ1v) is 14.1. The van der Waals surface area contributed by atoms with Crippen molar-refractivity contribution < 1.29 is 24.5 Å². The number of rotatable bonds is 24. The second kappa shape index (κ2) is 22.8. The molecule has 0 saturated heterocycles. The largest absolute Gasteiger partial charge is 0.493 e. The second-order valence-corrected chi connectivity index (χ2v) is 9.37. The molecule has 6 nitrogen and oxygen atoms in total. The highest BCUT2D eigenvalue weighted by Crippen LogP contribution is 2.20. The Bertz CT molecular complexity index is 619. The van der Waals surface area contributed by atoms with Gasteiger partial charge in [0.1, 0.15) is 17.9 Å². The molecule has 0 unspecified atom stereocenters. The Morgan fingerprint density at radius 2 is 1.23 bits per heavy atom. The lowest BCUT2D eigenvalue weighted by atomic mass is 10.0. The number of aliphatic hydroxyl groups excluding tert-OH is 2. The number of unbranched alkanes of at least 4 members (excludes halogenated alkanes) is 13. The maximum Gasteiger partial charge on any atom is 0.341 e. The van der Waals surface area contributed by atoms with E-state index in [1.165, 1.54) is 77.0 Å². The van der Waals surface area contributed by atoms with Crippen molar-refractivity contribution in [3.63, 3.8) is 0 Å². The Kier molecular flexibility index (Phi) is 20.5. The lowest BCUT2D eigenvalue weighted by molar-refractivity contribution is 0.0439. The highest BCUT2D eigenvalue weighted by Gasteiger charge is 2.14. The van der Waals surface area contributed by atoms with Gasteiger partial charge in [-0.15, -0.1) is 0 Å². The third-order valence-electron chi connectivity index (χ3n) is 6.34. The number of esters is 1. The first kappa shape index (κ1) is 31.4. The highest BCUT2D eigenvalue weighted by molar-refractivity contribution is 5.92. The molecule has 0 saturated carbocycles. The van der Waals surface area contributed by atoms with Gasteiger partial charge in [0.2, 0.25) is 0 Å². The number of hydrogen-bond acceptors (Lipinski definition) is 6. The topological polar surface area (TPSA) is 79.2 Å². The standard InChI is InChI=1S/C29H51NO5/c1-2-3-4-5-6-7-8-9-10-11-12-13-14-17-25-34-28-19-16-15-18-27(28)29(33)35-26-22-30(20-23-31)21-24-32/h15-16,18-19,31-32H,2-14,17,20-26H2,1H3. The smallest absolute Gasteiger partial charge is 0.341 e. The van der Waals surface area contributed by atoms with Gasteiger partial charge in [0.05, 0.1) is 19.8 Å². The van der Waals surface area contributed by atoms with Crippen molar-refractivity contribution in [2.24, 2.45) is 0 Å². The molecule has 2 N–H and O–H groups in total. The molecule has 0 amide bonds. The van der Waals surface area contributed by atoms with Crippen LogP contribution in [-0.4, -0.2) is 67.1 Å². The number of hydrogen-bond donors (Lipinski definition) is 2. The van der Waals surface area contributed by atoms with E-state index in [4.69, 9.17) is 19.7 Å². The van der Waals surface area contributed by atoms with Crippen LogP contribution in [0.4, 0.5) is 0 Å². The maximum absolute atomic E-state index is 12.5. The summed E-state index contributed by atoms with van der Waals surface area (Å²) in [7, 11) is 0. The number of ether oxygens (including phenoxy) is 2. The molecule has 0 atom stereocenters. The van der Waals surface area contributed by atoms with Crippen molar-refractivity contribution in [3.8, 4) is 5.75 Å². The molecule has 0 aliphatic carbocycles. The Morgan fingerprint density at radius 1 is 0.714 bits per heavy atom. The predicted octanol–water partition coefficient (Wildman–Crippen LogP) is 5.99. The minimum Gasteiger partial charge on any atom is -0.493 e. The fraction of sp³-hybridized carbons (Fsp3) is 0.759. The molecule has 0 heterocycles. The average Bonchev–Trinajstić information content (AvgIpc) is 2.87. The van der Waals surface area contributed by atoms with Gasteiger partial charge in [-0.25, -0.2) is 4.79 Å². The van der Waals surface area contributed by atoms with Crippen molar-refractivity contribution in [1.82, 2.24) is 4.90 Å². The Balaban J connectivity index is 2.11. The lowest BCUT2D eigenvalue weighted by Gasteiger charge is -2.19. The van der Waals surface area contributed by atoms with Gasteiger partial charge in [0.15, 0.2) is 0 Å². The van der Waals surface area contributed by atoms with Gasteiger partial charge in [-0.1, -0.05) is 103 Å². The van der Waals surface area contributed by atoms with Crippen LogP contribution in [0.25, 0.3) is 0 Å². The van der Waals surface area contributed by atoms with Crippen LogP contribution in [0.2, 0.25) is 0 Å². The van der Waals surface area contributed by atoms with Crippen molar-refractivity contribution in [2.75, 3.05) is 46.1 Å². The third-order valence-corrected chi connectivity index (χ3v) is 6.34. The molecule has 0 aliphatic heterocycles. The summed E-state index contributed by atoms with van der Waals surface area (Å²) in [4.78, 5) is 14.4. The second-order valence-electron chi connectivity index (χ2n) is 9.37. The van der Waals surface area contributed by atoms with Crippen molar-refractivity contribution in [3.05, 3.63) is 29.8 Å². The van der Waals surface area contributed by atoms with E-state index in [0.717, 1.165) is 12.8 Å². The molecule has 1 aromatic rings. The molecule has 0 aliphatic rings. The van der Waals surface area contributed by atoms with E-state index >= 15 is 0 Å². The molecular weight excluding hydrogens is 442 g/mol. The van der Waals surface area contributed by atoms with Crippen LogP contribution < -0.4 is 4.74 Å². The lowest BCUT2D eigenvalue weighted by Crippen LogP contribution is -2.33. The van der Waals surface area contributed by atoms with Crippen molar-refractivity contribution in [1.29, 1.82) is 0 Å². The Hall–Kier alpha value is -1.63. The summed E-state index contributed by atoms with van der Waals surface area (Å²) in [5.41, 5.74) is 0.439. The van der Waals surface area contributed by atoms with Crippen LogP contribution in [0.1, 0.15) is 107 Å². The SMILES string of the molecule is CCCCCCCCCCCCCCCCOc1ccccc1C(=O)OCCN(CCO)CCO. The van der Waals surface area contributed by atoms with E-state index in [1.54, 1.807) is 12.1 Å². The van der Waals surface area contributed by atoms with Crippen LogP contribution in [0.3, 0.4) is 0 Å². The zero-order chi connectivity index (χ0) is 25.4. The summed E-state index contributed by atoms with van der Waals surface area (Å²) in [6.45, 7) is 4.43. The van der Waals surface area contributed by atoms with Gasteiger partial charge in [0.25, 0.3) is 0 Å². The predicted molar refractivity (Wildman–Crippen MR) is 143 cm³/mol. The van der Waals surface area contributed by atoms with Gasteiger partial charge in [-0.3, -0.25) is 4.90 Å². The molecular formula is C29H51NO5. The zero-order valence-electron chi connectivity index (χ0n) is 22.2. The fourth-order valence-corrected chi connectivity index (χ4v) is 4.20. The molecule has 0 bridgehead atoms. The van der Waals surface area contributed by atoms with E-state index in [9.17, 15) is 4.79 Å². The number of aliphatic hydroxyl groups is 2. The first-order valence-electron chi connectivity index (χ1n) is 14.1. The molecule has 0 aromatic heterocycles. The minimum atomic E-state index is -0.408. The fourth-order valence-electron chi connectivity index (χ4n) is 4.20. The normalized spacial score (nSPS) is 11.2. The highest BCUT2D eigenvalue weighted by atomic mass is 16.5. The van der Waals surface area contributed by atoms with E-state index in [-0.39, 0.29) is 19.8 Å². The van der Waals surface area contributed by atoms with E-state index in [1.807, 2.05) is 17.0 Å². The van der Waals surface area contributed by atoms with Crippen LogP contribution >= 0.6 is 0 Å². The molecule has 0 radical (unpaired) electrons. The summed E-state index contributed by atoms with van der Waals surface area (Å²) < 4.78 is 11.3. The third kappa shape index (κ3) is 16.6. The molecule has 0 fully saturated rings. The summed E-state index contributed by atoms with van der Waals surface area (Å²) in [5, 5.41) is 18.1. The summed E-state index contributed by atoms with van der Waals surface area (Å²) in [6, 6.07) is 7.20. The van der Waals surface area contributed by atoms with Gasteiger partial charge >= 0.3 is 5.97 Å². The number of para-hydroxylation sites is 1. The molecule has 0 spiro atoms. The van der Waals surface area contributed by atoms with E-state index in [2.05, 4.69) is 6.92 Å². The summed E-state index contributed by atoms with van der Waals surface area (Å²) in [6.07, 6.45) is 18.5. The zero-order valence-corrected chi connectivity index (χ0v) is 22.2. The van der Waals surface area contributed by atoms with Crippen LogP contribution in [0.15, 0.2) is 24.3 Å². The van der Waals surface area contributed by atoms with Crippen LogP contribution in [0, 0.1) is 0 Å². The van der Waals surface area contributed by atoms with Gasteiger partial charge < -0.3 is 19.7 Å².